The summed E-state index contributed by atoms with van der Waals surface area (Å²) in [6.07, 6.45) is 3.08. The summed E-state index contributed by atoms with van der Waals surface area (Å²) in [5, 5.41) is 0. The highest BCUT2D eigenvalue weighted by atomic mass is 16.5. The zero-order valence-corrected chi connectivity index (χ0v) is 12.5. The van der Waals surface area contributed by atoms with Gasteiger partial charge in [0.25, 0.3) is 0 Å². The van der Waals surface area contributed by atoms with Gasteiger partial charge in [-0.25, -0.2) is 9.78 Å². The van der Waals surface area contributed by atoms with E-state index in [1.165, 1.54) is 0 Å². The van der Waals surface area contributed by atoms with Gasteiger partial charge in [0.05, 0.1) is 23.2 Å². The fourth-order valence-electron chi connectivity index (χ4n) is 2.40. The van der Waals surface area contributed by atoms with Gasteiger partial charge < -0.3 is 9.30 Å². The van der Waals surface area contributed by atoms with Crippen LogP contribution in [0.15, 0.2) is 18.2 Å². The van der Waals surface area contributed by atoms with Crippen LogP contribution in [0.25, 0.3) is 11.0 Å². The lowest BCUT2D eigenvalue weighted by molar-refractivity contribution is 0.0526. The molecular weight excluding hydrogens is 252 g/mol. The third-order valence-corrected chi connectivity index (χ3v) is 3.26. The summed E-state index contributed by atoms with van der Waals surface area (Å²) in [6.45, 7) is 7.44. The van der Waals surface area contributed by atoms with Gasteiger partial charge in [0.1, 0.15) is 5.82 Å². The number of fused-ring (bicyclic) bond motifs is 1. The van der Waals surface area contributed by atoms with Crippen molar-refractivity contribution >= 4 is 17.0 Å². The average Bonchev–Trinajstić information content (AvgIpc) is 2.77. The topological polar surface area (TPSA) is 44.1 Å². The van der Waals surface area contributed by atoms with Gasteiger partial charge in [0.2, 0.25) is 0 Å². The molecule has 1 aromatic heterocycles. The van der Waals surface area contributed by atoms with E-state index in [9.17, 15) is 4.79 Å². The molecule has 20 heavy (non-hydrogen) atoms. The van der Waals surface area contributed by atoms with Crippen LogP contribution in [-0.4, -0.2) is 22.1 Å². The average molecular weight is 274 g/mol. The van der Waals surface area contributed by atoms with Crippen LogP contribution in [0, 0.1) is 0 Å². The first-order valence-electron chi connectivity index (χ1n) is 7.37. The Kier molecular flexibility index (Phi) is 4.77. The van der Waals surface area contributed by atoms with Crippen LogP contribution in [-0.2, 0) is 17.7 Å². The number of carbonyl (C=O) groups excluding carboxylic acids is 1. The Hall–Kier alpha value is -1.84. The number of hydrogen-bond donors (Lipinski definition) is 0. The standard InChI is InChI=1S/C16H22N2O2/c1-4-7-15-17-13-9-8-12(16(19)20-6-3)11-14(13)18(15)10-5-2/h8-9,11H,4-7,10H2,1-3H3. The molecule has 0 aliphatic carbocycles. The van der Waals surface area contributed by atoms with E-state index in [0.717, 1.165) is 42.7 Å². The smallest absolute Gasteiger partial charge is 0.338 e. The molecule has 2 rings (SSSR count). The van der Waals surface area contributed by atoms with Gasteiger partial charge in [-0.3, -0.25) is 0 Å². The summed E-state index contributed by atoms with van der Waals surface area (Å²) in [5.74, 6) is 0.834. The normalized spacial score (nSPS) is 10.9. The second-order valence-corrected chi connectivity index (χ2v) is 4.85. The number of imidazole rings is 1. The molecule has 0 spiro atoms. The lowest BCUT2D eigenvalue weighted by atomic mass is 10.2. The maximum absolute atomic E-state index is 11.8. The number of nitrogens with zero attached hydrogens (tertiary/aromatic N) is 2. The molecule has 0 atom stereocenters. The Morgan fingerprint density at radius 1 is 1.25 bits per heavy atom. The number of carbonyl (C=O) groups is 1. The van der Waals surface area contributed by atoms with Crippen molar-refractivity contribution < 1.29 is 9.53 Å². The van der Waals surface area contributed by atoms with Crippen molar-refractivity contribution in [3.63, 3.8) is 0 Å². The third kappa shape index (κ3) is 2.84. The van der Waals surface area contributed by atoms with Crippen molar-refractivity contribution in [2.24, 2.45) is 0 Å². The molecule has 0 N–H and O–H groups in total. The monoisotopic (exact) mass is 274 g/mol. The summed E-state index contributed by atoms with van der Waals surface area (Å²) in [4.78, 5) is 16.5. The quantitative estimate of drug-likeness (QED) is 0.756. The SMILES string of the molecule is CCCc1nc2ccc(C(=O)OCC)cc2n1CCC. The Morgan fingerprint density at radius 2 is 2.05 bits per heavy atom. The van der Waals surface area contributed by atoms with Crippen molar-refractivity contribution in [2.75, 3.05) is 6.61 Å². The fraction of sp³-hybridized carbons (Fsp3) is 0.500. The van der Waals surface area contributed by atoms with E-state index < -0.39 is 0 Å². The van der Waals surface area contributed by atoms with Crippen molar-refractivity contribution in [1.82, 2.24) is 9.55 Å². The molecule has 0 radical (unpaired) electrons. The molecule has 1 heterocycles. The Bertz CT molecular complexity index is 602. The van der Waals surface area contributed by atoms with Crippen LogP contribution in [0.1, 0.15) is 49.8 Å². The molecule has 108 valence electrons. The molecule has 1 aromatic carbocycles. The van der Waals surface area contributed by atoms with E-state index in [0.29, 0.717) is 12.2 Å². The van der Waals surface area contributed by atoms with E-state index in [1.807, 2.05) is 19.1 Å². The molecule has 0 fully saturated rings. The maximum Gasteiger partial charge on any atom is 0.338 e. The van der Waals surface area contributed by atoms with E-state index in [-0.39, 0.29) is 5.97 Å². The molecule has 0 amide bonds. The Balaban J connectivity index is 2.48. The van der Waals surface area contributed by atoms with Gasteiger partial charge >= 0.3 is 5.97 Å². The first-order valence-corrected chi connectivity index (χ1v) is 7.37. The van der Waals surface area contributed by atoms with Gasteiger partial charge in [0, 0.05) is 13.0 Å². The van der Waals surface area contributed by atoms with Crippen molar-refractivity contribution in [3.8, 4) is 0 Å². The number of aromatic nitrogens is 2. The first kappa shape index (κ1) is 14.6. The predicted octanol–water partition coefficient (Wildman–Crippen LogP) is 3.58. The molecule has 0 aliphatic heterocycles. The number of ether oxygens (including phenoxy) is 1. The highest BCUT2D eigenvalue weighted by Crippen LogP contribution is 2.20. The third-order valence-electron chi connectivity index (χ3n) is 3.26. The Labute approximate surface area is 119 Å². The molecule has 0 saturated heterocycles. The largest absolute Gasteiger partial charge is 0.462 e. The fourth-order valence-corrected chi connectivity index (χ4v) is 2.40. The maximum atomic E-state index is 11.8. The van der Waals surface area contributed by atoms with Crippen molar-refractivity contribution in [2.45, 2.75) is 46.6 Å². The van der Waals surface area contributed by atoms with Gasteiger partial charge in [-0.2, -0.15) is 0 Å². The molecule has 4 nitrogen and oxygen atoms in total. The summed E-state index contributed by atoms with van der Waals surface area (Å²) in [6, 6.07) is 5.60. The van der Waals surface area contributed by atoms with E-state index >= 15 is 0 Å². The van der Waals surface area contributed by atoms with Gasteiger partial charge in [0.15, 0.2) is 0 Å². The number of hydrogen-bond acceptors (Lipinski definition) is 3. The Morgan fingerprint density at radius 3 is 2.70 bits per heavy atom. The summed E-state index contributed by atoms with van der Waals surface area (Å²) >= 11 is 0. The summed E-state index contributed by atoms with van der Waals surface area (Å²) < 4.78 is 7.29. The van der Waals surface area contributed by atoms with Crippen molar-refractivity contribution in [3.05, 3.63) is 29.6 Å². The van der Waals surface area contributed by atoms with Crippen LogP contribution >= 0.6 is 0 Å². The summed E-state index contributed by atoms with van der Waals surface area (Å²) in [7, 11) is 0. The van der Waals surface area contributed by atoms with E-state index in [4.69, 9.17) is 4.74 Å². The highest BCUT2D eigenvalue weighted by molar-refractivity contribution is 5.93. The molecule has 0 bridgehead atoms. The van der Waals surface area contributed by atoms with Gasteiger partial charge in [-0.05, 0) is 38.0 Å². The van der Waals surface area contributed by atoms with Crippen LogP contribution in [0.2, 0.25) is 0 Å². The zero-order chi connectivity index (χ0) is 14.5. The van der Waals surface area contributed by atoms with Crippen LogP contribution in [0.5, 0.6) is 0 Å². The lowest BCUT2D eigenvalue weighted by Crippen LogP contribution is -2.06. The minimum atomic E-state index is -0.268. The number of aryl methyl sites for hydroxylation is 2. The minimum Gasteiger partial charge on any atom is -0.462 e. The zero-order valence-electron chi connectivity index (χ0n) is 12.5. The molecule has 0 unspecified atom stereocenters. The second kappa shape index (κ2) is 6.55. The van der Waals surface area contributed by atoms with E-state index in [2.05, 4.69) is 23.4 Å². The number of esters is 1. The predicted molar refractivity (Wildman–Crippen MR) is 80.0 cm³/mol. The van der Waals surface area contributed by atoms with Crippen LogP contribution < -0.4 is 0 Å². The van der Waals surface area contributed by atoms with Crippen LogP contribution in [0.4, 0.5) is 0 Å². The molecule has 2 aromatic rings. The van der Waals surface area contributed by atoms with Gasteiger partial charge in [-0.1, -0.05) is 13.8 Å². The molecule has 0 saturated carbocycles. The number of benzene rings is 1. The number of rotatable bonds is 6. The van der Waals surface area contributed by atoms with Crippen molar-refractivity contribution in [1.29, 1.82) is 0 Å². The molecule has 0 aliphatic rings. The minimum absolute atomic E-state index is 0.268. The second-order valence-electron chi connectivity index (χ2n) is 4.85. The summed E-state index contributed by atoms with van der Waals surface area (Å²) in [5.41, 5.74) is 2.58. The lowest BCUT2D eigenvalue weighted by Gasteiger charge is -2.07. The van der Waals surface area contributed by atoms with Gasteiger partial charge in [-0.15, -0.1) is 0 Å². The molecule has 4 heteroatoms. The highest BCUT2D eigenvalue weighted by Gasteiger charge is 2.13. The molecular formula is C16H22N2O2. The van der Waals surface area contributed by atoms with E-state index in [1.54, 1.807) is 6.07 Å². The van der Waals surface area contributed by atoms with Crippen LogP contribution in [0.3, 0.4) is 0 Å². The first-order chi connectivity index (χ1) is 9.71.